The van der Waals surface area contributed by atoms with Crippen molar-refractivity contribution in [2.45, 2.75) is 31.9 Å². The molecule has 1 aliphatic rings. The van der Waals surface area contributed by atoms with E-state index in [1.165, 1.54) is 7.11 Å². The van der Waals surface area contributed by atoms with Crippen molar-refractivity contribution in [3.63, 3.8) is 0 Å². The molecular weight excluding hydrogens is 420 g/mol. The standard InChI is InChI=1S/C23H27ClN2O5/c1-15(31-19-7-5-17(24)6-8-19)22(27)25-18-10-12-26(13-11-18)23(28)16-4-9-20(29-2)21(14-16)30-3/h4-9,14-15,18H,10-13H2,1-3H3,(H,25,27). The number of piperidine rings is 1. The molecule has 8 heteroatoms. The molecule has 7 nitrogen and oxygen atoms in total. The maximum absolute atomic E-state index is 12.8. The molecule has 0 radical (unpaired) electrons. The number of amides is 2. The van der Waals surface area contributed by atoms with E-state index in [1.807, 2.05) is 0 Å². The highest BCUT2D eigenvalue weighted by molar-refractivity contribution is 6.30. The average molecular weight is 447 g/mol. The second-order valence-corrected chi connectivity index (χ2v) is 7.80. The van der Waals surface area contributed by atoms with E-state index in [0.717, 1.165) is 0 Å². The Morgan fingerprint density at radius 1 is 1.03 bits per heavy atom. The van der Waals surface area contributed by atoms with Crippen LogP contribution in [0.25, 0.3) is 0 Å². The summed E-state index contributed by atoms with van der Waals surface area (Å²) in [4.78, 5) is 27.1. The number of ether oxygens (including phenoxy) is 3. The molecule has 1 aliphatic heterocycles. The number of methoxy groups -OCH3 is 2. The summed E-state index contributed by atoms with van der Waals surface area (Å²) in [5, 5.41) is 3.63. The minimum absolute atomic E-state index is 0.00165. The molecular formula is C23H27ClN2O5. The van der Waals surface area contributed by atoms with Gasteiger partial charge in [0.1, 0.15) is 5.75 Å². The second-order valence-electron chi connectivity index (χ2n) is 7.36. The fourth-order valence-corrected chi connectivity index (χ4v) is 3.59. The van der Waals surface area contributed by atoms with Crippen molar-refractivity contribution in [1.82, 2.24) is 10.2 Å². The van der Waals surface area contributed by atoms with Gasteiger partial charge in [-0.15, -0.1) is 0 Å². The summed E-state index contributed by atoms with van der Waals surface area (Å²) < 4.78 is 16.2. The molecule has 166 valence electrons. The van der Waals surface area contributed by atoms with Crippen LogP contribution in [0.3, 0.4) is 0 Å². The number of carbonyl (C=O) groups excluding carboxylic acids is 2. The largest absolute Gasteiger partial charge is 0.493 e. The molecule has 0 aliphatic carbocycles. The first-order valence-electron chi connectivity index (χ1n) is 10.1. The molecule has 1 fully saturated rings. The van der Waals surface area contributed by atoms with E-state index >= 15 is 0 Å². The maximum Gasteiger partial charge on any atom is 0.260 e. The summed E-state index contributed by atoms with van der Waals surface area (Å²) in [6.45, 7) is 2.83. The summed E-state index contributed by atoms with van der Waals surface area (Å²) in [6, 6.07) is 12.0. The van der Waals surface area contributed by atoms with Gasteiger partial charge in [-0.2, -0.15) is 0 Å². The molecule has 3 rings (SSSR count). The van der Waals surface area contributed by atoms with Gasteiger partial charge in [-0.3, -0.25) is 9.59 Å². The van der Waals surface area contributed by atoms with Crippen LogP contribution in [0.1, 0.15) is 30.1 Å². The fourth-order valence-electron chi connectivity index (χ4n) is 3.47. The molecule has 1 unspecified atom stereocenters. The zero-order valence-electron chi connectivity index (χ0n) is 17.9. The lowest BCUT2D eigenvalue weighted by atomic mass is 10.0. The van der Waals surface area contributed by atoms with Gasteiger partial charge in [0.15, 0.2) is 17.6 Å². The van der Waals surface area contributed by atoms with Crippen molar-refractivity contribution in [1.29, 1.82) is 0 Å². The predicted octanol–water partition coefficient (Wildman–Crippen LogP) is 3.55. The quantitative estimate of drug-likeness (QED) is 0.703. The Morgan fingerprint density at radius 2 is 1.68 bits per heavy atom. The molecule has 1 saturated heterocycles. The molecule has 1 N–H and O–H groups in total. The van der Waals surface area contributed by atoms with Gasteiger partial charge in [0.2, 0.25) is 0 Å². The summed E-state index contributed by atoms with van der Waals surface area (Å²) in [5.41, 5.74) is 0.546. The van der Waals surface area contributed by atoms with Crippen LogP contribution < -0.4 is 19.5 Å². The van der Waals surface area contributed by atoms with Crippen molar-refractivity contribution in [2.75, 3.05) is 27.3 Å². The van der Waals surface area contributed by atoms with E-state index < -0.39 is 6.10 Å². The molecule has 31 heavy (non-hydrogen) atoms. The molecule has 2 aromatic rings. The van der Waals surface area contributed by atoms with Crippen LogP contribution in [0.5, 0.6) is 17.2 Å². The fraction of sp³-hybridized carbons (Fsp3) is 0.391. The van der Waals surface area contributed by atoms with Gasteiger partial charge < -0.3 is 24.4 Å². The third-order valence-corrected chi connectivity index (χ3v) is 5.51. The second kappa shape index (κ2) is 10.4. The first-order valence-corrected chi connectivity index (χ1v) is 10.5. The Kier molecular flexibility index (Phi) is 7.63. The number of halogens is 1. The van der Waals surface area contributed by atoms with Gasteiger partial charge in [-0.25, -0.2) is 0 Å². The highest BCUT2D eigenvalue weighted by Gasteiger charge is 2.26. The van der Waals surface area contributed by atoms with E-state index in [1.54, 1.807) is 61.4 Å². The zero-order chi connectivity index (χ0) is 22.4. The lowest BCUT2D eigenvalue weighted by Gasteiger charge is -2.33. The molecule has 2 amide bonds. The minimum atomic E-state index is -0.632. The van der Waals surface area contributed by atoms with Crippen molar-refractivity contribution >= 4 is 23.4 Å². The Morgan fingerprint density at radius 3 is 2.29 bits per heavy atom. The lowest BCUT2D eigenvalue weighted by Crippen LogP contribution is -2.49. The van der Waals surface area contributed by atoms with Crippen molar-refractivity contribution in [3.05, 3.63) is 53.1 Å². The summed E-state index contributed by atoms with van der Waals surface area (Å²) >= 11 is 5.87. The van der Waals surface area contributed by atoms with Crippen molar-refractivity contribution in [2.24, 2.45) is 0 Å². The first-order chi connectivity index (χ1) is 14.9. The smallest absolute Gasteiger partial charge is 0.260 e. The van der Waals surface area contributed by atoms with Gasteiger partial charge >= 0.3 is 0 Å². The third kappa shape index (κ3) is 5.82. The van der Waals surface area contributed by atoms with E-state index in [-0.39, 0.29) is 17.9 Å². The van der Waals surface area contributed by atoms with Crippen molar-refractivity contribution in [3.8, 4) is 17.2 Å². The SMILES string of the molecule is COc1ccc(C(=O)N2CCC(NC(=O)C(C)Oc3ccc(Cl)cc3)CC2)cc1OC. The Labute approximate surface area is 187 Å². The zero-order valence-corrected chi connectivity index (χ0v) is 18.6. The first kappa shape index (κ1) is 22.7. The van der Waals surface area contributed by atoms with Crippen LogP contribution in [0.4, 0.5) is 0 Å². The Bertz CT molecular complexity index is 911. The molecule has 0 aromatic heterocycles. The summed E-state index contributed by atoms with van der Waals surface area (Å²) in [7, 11) is 3.09. The number of nitrogens with one attached hydrogen (secondary N) is 1. The third-order valence-electron chi connectivity index (χ3n) is 5.25. The predicted molar refractivity (Wildman–Crippen MR) is 118 cm³/mol. The van der Waals surface area contributed by atoms with Crippen LogP contribution in [-0.4, -0.2) is 56.2 Å². The monoisotopic (exact) mass is 446 g/mol. The number of benzene rings is 2. The molecule has 0 spiro atoms. The number of likely N-dealkylation sites (tertiary alicyclic amines) is 1. The Balaban J connectivity index is 1.50. The average Bonchev–Trinajstić information content (AvgIpc) is 2.80. The van der Waals surface area contributed by atoms with Crippen LogP contribution in [0.15, 0.2) is 42.5 Å². The number of carbonyl (C=O) groups is 2. The summed E-state index contributed by atoms with van der Waals surface area (Å²) in [6.07, 6.45) is 0.726. The number of nitrogens with zero attached hydrogens (tertiary/aromatic N) is 1. The van der Waals surface area contributed by atoms with E-state index in [0.29, 0.717) is 53.8 Å². The van der Waals surface area contributed by atoms with Crippen LogP contribution in [-0.2, 0) is 4.79 Å². The molecule has 1 atom stereocenters. The highest BCUT2D eigenvalue weighted by Crippen LogP contribution is 2.28. The molecule has 2 aromatic carbocycles. The van der Waals surface area contributed by atoms with Gasteiger partial charge in [0.25, 0.3) is 11.8 Å². The van der Waals surface area contributed by atoms with Gasteiger partial charge in [-0.05, 0) is 62.2 Å². The lowest BCUT2D eigenvalue weighted by molar-refractivity contribution is -0.128. The highest BCUT2D eigenvalue weighted by atomic mass is 35.5. The van der Waals surface area contributed by atoms with E-state index in [2.05, 4.69) is 5.32 Å². The maximum atomic E-state index is 12.8. The number of hydrogen-bond acceptors (Lipinski definition) is 5. The van der Waals surface area contributed by atoms with E-state index in [9.17, 15) is 9.59 Å². The number of hydrogen-bond donors (Lipinski definition) is 1. The molecule has 0 bridgehead atoms. The molecule has 0 saturated carbocycles. The minimum Gasteiger partial charge on any atom is -0.493 e. The van der Waals surface area contributed by atoms with Crippen LogP contribution >= 0.6 is 11.6 Å². The van der Waals surface area contributed by atoms with Gasteiger partial charge in [0.05, 0.1) is 14.2 Å². The number of rotatable bonds is 7. The van der Waals surface area contributed by atoms with E-state index in [4.69, 9.17) is 25.8 Å². The van der Waals surface area contributed by atoms with Gasteiger partial charge in [0, 0.05) is 29.7 Å². The summed E-state index contributed by atoms with van der Waals surface area (Å²) in [5.74, 6) is 1.44. The topological polar surface area (TPSA) is 77.1 Å². The van der Waals surface area contributed by atoms with Gasteiger partial charge in [-0.1, -0.05) is 11.6 Å². The van der Waals surface area contributed by atoms with Crippen molar-refractivity contribution < 1.29 is 23.8 Å². The normalized spacial score (nSPS) is 15.2. The van der Waals surface area contributed by atoms with Crippen LogP contribution in [0, 0.1) is 0 Å². The Hall–Kier alpha value is -2.93. The van der Waals surface area contributed by atoms with Crippen LogP contribution in [0.2, 0.25) is 5.02 Å². The molecule has 1 heterocycles.